The quantitative estimate of drug-likeness (QED) is 0.299. The Balaban J connectivity index is 1.40. The first-order chi connectivity index (χ1) is 18.2. The molecule has 1 saturated heterocycles. The van der Waals surface area contributed by atoms with Gasteiger partial charge in [-0.1, -0.05) is 24.3 Å². The summed E-state index contributed by atoms with van der Waals surface area (Å²) >= 11 is 0. The lowest BCUT2D eigenvalue weighted by Crippen LogP contribution is -2.30. The van der Waals surface area contributed by atoms with Gasteiger partial charge in [0.1, 0.15) is 12.4 Å². The summed E-state index contributed by atoms with van der Waals surface area (Å²) in [6.45, 7) is 3.16. The summed E-state index contributed by atoms with van der Waals surface area (Å²) in [5, 5.41) is 3.60. The smallest absolute Gasteiger partial charge is 0.416 e. The summed E-state index contributed by atoms with van der Waals surface area (Å²) in [5.41, 5.74) is 2.96. The monoisotopic (exact) mass is 519 g/mol. The highest BCUT2D eigenvalue weighted by Crippen LogP contribution is 2.35. The second-order valence-electron chi connectivity index (χ2n) is 9.73. The summed E-state index contributed by atoms with van der Waals surface area (Å²) in [6.07, 6.45) is -0.864. The number of nitrogens with zero attached hydrogens (tertiary/aromatic N) is 2. The lowest BCUT2D eigenvalue weighted by Gasteiger charge is -2.20. The molecule has 0 radical (unpaired) electrons. The Labute approximate surface area is 219 Å². The maximum Gasteiger partial charge on any atom is 0.416 e. The number of ether oxygens (including phenoxy) is 1. The fourth-order valence-electron chi connectivity index (χ4n) is 4.80. The number of fused-ring (bicyclic) bond motifs is 1. The van der Waals surface area contributed by atoms with E-state index < -0.39 is 17.6 Å². The average molecular weight is 520 g/mol. The van der Waals surface area contributed by atoms with Gasteiger partial charge >= 0.3 is 6.18 Å². The van der Waals surface area contributed by atoms with Gasteiger partial charge in [-0.3, -0.25) is 9.78 Å². The first-order valence-corrected chi connectivity index (χ1v) is 12.5. The highest BCUT2D eigenvalue weighted by molar-refractivity contribution is 6.05. The van der Waals surface area contributed by atoms with Crippen molar-refractivity contribution in [3.05, 3.63) is 89.6 Å². The van der Waals surface area contributed by atoms with Crippen molar-refractivity contribution in [2.75, 3.05) is 25.5 Å². The van der Waals surface area contributed by atoms with Crippen LogP contribution in [0.4, 0.5) is 18.9 Å². The van der Waals surface area contributed by atoms with Crippen molar-refractivity contribution < 1.29 is 22.7 Å². The van der Waals surface area contributed by atoms with Crippen LogP contribution in [0.1, 0.15) is 34.3 Å². The Kier molecular flexibility index (Phi) is 7.08. The SMILES string of the molecule is Cc1ccc(C(=O)Nc2cc(OC[C@@H]3CCCN3C)cc(C(F)(F)F)c2)cc1-c1cnc2ccccc2c1. The zero-order valence-corrected chi connectivity index (χ0v) is 21.2. The van der Waals surface area contributed by atoms with Crippen LogP contribution in [0, 0.1) is 6.92 Å². The van der Waals surface area contributed by atoms with Crippen LogP contribution < -0.4 is 10.1 Å². The Hall–Kier alpha value is -3.91. The lowest BCUT2D eigenvalue weighted by molar-refractivity contribution is -0.137. The number of nitrogens with one attached hydrogen (secondary N) is 1. The molecule has 3 aromatic carbocycles. The molecule has 0 bridgehead atoms. The Bertz CT molecular complexity index is 1490. The first kappa shape index (κ1) is 25.7. The number of benzene rings is 3. The van der Waals surface area contributed by atoms with Gasteiger partial charge in [0.05, 0.1) is 11.1 Å². The van der Waals surface area contributed by atoms with E-state index in [9.17, 15) is 18.0 Å². The zero-order valence-electron chi connectivity index (χ0n) is 21.2. The number of alkyl halides is 3. The molecule has 1 fully saturated rings. The van der Waals surface area contributed by atoms with E-state index >= 15 is 0 Å². The molecular formula is C30H28F3N3O2. The molecule has 0 unspecified atom stereocenters. The van der Waals surface area contributed by atoms with Crippen LogP contribution in [0.25, 0.3) is 22.0 Å². The second-order valence-corrected chi connectivity index (χ2v) is 9.73. The van der Waals surface area contributed by atoms with Gasteiger partial charge in [0.2, 0.25) is 0 Å². The average Bonchev–Trinajstić information content (AvgIpc) is 3.31. The predicted octanol–water partition coefficient (Wildman–Crippen LogP) is 6.95. The van der Waals surface area contributed by atoms with Gasteiger partial charge in [-0.05, 0) is 80.9 Å². The summed E-state index contributed by atoms with van der Waals surface area (Å²) in [5.74, 6) is -0.442. The first-order valence-electron chi connectivity index (χ1n) is 12.5. The Morgan fingerprint density at radius 2 is 1.92 bits per heavy atom. The molecule has 2 heterocycles. The van der Waals surface area contributed by atoms with Gasteiger partial charge in [0.15, 0.2) is 0 Å². The van der Waals surface area contributed by atoms with Crippen molar-refractivity contribution >= 4 is 22.5 Å². The number of carbonyl (C=O) groups is 1. The second kappa shape index (κ2) is 10.5. The van der Waals surface area contributed by atoms with Crippen molar-refractivity contribution in [3.8, 4) is 16.9 Å². The van der Waals surface area contributed by atoms with E-state index in [2.05, 4.69) is 15.2 Å². The number of likely N-dealkylation sites (tertiary alicyclic amines) is 1. The highest BCUT2D eigenvalue weighted by Gasteiger charge is 2.32. The molecule has 1 amide bonds. The summed E-state index contributed by atoms with van der Waals surface area (Å²) < 4.78 is 46.6. The summed E-state index contributed by atoms with van der Waals surface area (Å²) in [4.78, 5) is 19.8. The van der Waals surface area contributed by atoms with Crippen LogP contribution in [0.2, 0.25) is 0 Å². The number of anilines is 1. The summed E-state index contributed by atoms with van der Waals surface area (Å²) in [6, 6.07) is 18.4. The number of hydrogen-bond acceptors (Lipinski definition) is 4. The van der Waals surface area contributed by atoms with Crippen LogP contribution in [0.15, 0.2) is 72.9 Å². The zero-order chi connectivity index (χ0) is 26.9. The van der Waals surface area contributed by atoms with Gasteiger partial charge in [0.25, 0.3) is 5.91 Å². The van der Waals surface area contributed by atoms with E-state index in [-0.39, 0.29) is 24.1 Å². The third kappa shape index (κ3) is 5.65. The summed E-state index contributed by atoms with van der Waals surface area (Å²) in [7, 11) is 1.97. The Morgan fingerprint density at radius 1 is 1.11 bits per heavy atom. The van der Waals surface area contributed by atoms with E-state index in [0.717, 1.165) is 59.1 Å². The standard InChI is InChI=1S/C30H28F3N3O2/c1-19-9-10-21(13-27(19)22-12-20-6-3-4-8-28(20)34-17-22)29(37)35-24-14-23(30(31,32)33)15-26(16-24)38-18-25-7-5-11-36(25)2/h3-4,6,8-10,12-17,25H,5,7,11,18H2,1-2H3,(H,35,37)/t25-/m0/s1. The molecule has 1 aliphatic rings. The maximum absolute atomic E-state index is 13.6. The van der Waals surface area contributed by atoms with Crippen LogP contribution >= 0.6 is 0 Å². The van der Waals surface area contributed by atoms with E-state index in [4.69, 9.17) is 4.74 Å². The van der Waals surface area contributed by atoms with E-state index in [1.165, 1.54) is 6.07 Å². The van der Waals surface area contributed by atoms with E-state index in [1.54, 1.807) is 18.3 Å². The number of para-hydroxylation sites is 1. The van der Waals surface area contributed by atoms with Crippen LogP contribution in [0.3, 0.4) is 0 Å². The molecule has 1 aromatic heterocycles. The molecule has 0 aliphatic carbocycles. The van der Waals surface area contributed by atoms with E-state index in [0.29, 0.717) is 5.56 Å². The molecular weight excluding hydrogens is 491 g/mol. The number of carbonyl (C=O) groups excluding carboxylic acids is 1. The normalized spacial score (nSPS) is 16.1. The topological polar surface area (TPSA) is 54.5 Å². The van der Waals surface area contributed by atoms with Crippen LogP contribution in [0.5, 0.6) is 5.75 Å². The number of amides is 1. The van der Waals surface area contributed by atoms with Gasteiger partial charge in [0, 0.05) is 40.5 Å². The predicted molar refractivity (Wildman–Crippen MR) is 142 cm³/mol. The number of aromatic nitrogens is 1. The molecule has 1 aliphatic heterocycles. The number of pyridine rings is 1. The van der Waals surface area contributed by atoms with Crippen molar-refractivity contribution in [2.24, 2.45) is 0 Å². The molecule has 4 aromatic rings. The minimum Gasteiger partial charge on any atom is -0.492 e. The number of rotatable bonds is 6. The molecule has 5 rings (SSSR count). The molecule has 1 N–H and O–H groups in total. The fraction of sp³-hybridized carbons (Fsp3) is 0.267. The molecule has 38 heavy (non-hydrogen) atoms. The highest BCUT2D eigenvalue weighted by atomic mass is 19.4. The third-order valence-corrected chi connectivity index (χ3v) is 7.01. The lowest BCUT2D eigenvalue weighted by atomic mass is 9.98. The number of aryl methyl sites for hydroxylation is 1. The van der Waals surface area contributed by atoms with Gasteiger partial charge in [-0.25, -0.2) is 0 Å². The van der Waals surface area contributed by atoms with E-state index in [1.807, 2.05) is 50.4 Å². The van der Waals surface area contributed by atoms with Crippen molar-refractivity contribution in [3.63, 3.8) is 0 Å². The van der Waals surface area contributed by atoms with Gasteiger partial charge < -0.3 is 15.0 Å². The number of likely N-dealkylation sites (N-methyl/N-ethyl adjacent to an activating group) is 1. The minimum atomic E-state index is -4.58. The molecule has 5 nitrogen and oxygen atoms in total. The minimum absolute atomic E-state index is 0.0223. The van der Waals surface area contributed by atoms with Crippen molar-refractivity contribution in [1.29, 1.82) is 0 Å². The number of hydrogen-bond donors (Lipinski definition) is 1. The molecule has 0 spiro atoms. The molecule has 196 valence electrons. The molecule has 8 heteroatoms. The van der Waals surface area contributed by atoms with Crippen molar-refractivity contribution in [2.45, 2.75) is 32.0 Å². The largest absolute Gasteiger partial charge is 0.492 e. The number of halogens is 3. The fourth-order valence-corrected chi connectivity index (χ4v) is 4.80. The molecule has 1 atom stereocenters. The third-order valence-electron chi connectivity index (χ3n) is 7.01. The van der Waals surface area contributed by atoms with Gasteiger partial charge in [-0.2, -0.15) is 13.2 Å². The van der Waals surface area contributed by atoms with Crippen LogP contribution in [-0.4, -0.2) is 42.0 Å². The molecule has 0 saturated carbocycles. The Morgan fingerprint density at radius 3 is 2.68 bits per heavy atom. The van der Waals surface area contributed by atoms with Gasteiger partial charge in [-0.15, -0.1) is 0 Å². The maximum atomic E-state index is 13.6. The van der Waals surface area contributed by atoms with Crippen LogP contribution in [-0.2, 0) is 6.18 Å². The van der Waals surface area contributed by atoms with Crippen molar-refractivity contribution in [1.82, 2.24) is 9.88 Å².